The summed E-state index contributed by atoms with van der Waals surface area (Å²) in [6.45, 7) is 2.34. The lowest BCUT2D eigenvalue weighted by atomic mass is 10.0. The molecule has 1 N–H and O–H groups in total. The third-order valence-corrected chi connectivity index (χ3v) is 6.49. The van der Waals surface area contributed by atoms with E-state index >= 15 is 0 Å². The van der Waals surface area contributed by atoms with Crippen molar-refractivity contribution in [3.05, 3.63) is 35.2 Å². The van der Waals surface area contributed by atoms with Crippen LogP contribution in [0.15, 0.2) is 30.3 Å². The molecule has 1 saturated heterocycles. The first-order valence-corrected chi connectivity index (χ1v) is 9.21. The van der Waals surface area contributed by atoms with Crippen LogP contribution in [0.25, 0.3) is 19.5 Å². The number of benzene rings is 1. The molecule has 1 aliphatic heterocycles. The van der Waals surface area contributed by atoms with E-state index in [-0.39, 0.29) is 5.91 Å². The summed E-state index contributed by atoms with van der Waals surface area (Å²) in [6.07, 6.45) is 2.24. The number of fused-ring (bicyclic) bond motifs is 3. The molecule has 1 amide bonds. The van der Waals surface area contributed by atoms with Crippen molar-refractivity contribution in [3.63, 3.8) is 0 Å². The van der Waals surface area contributed by atoms with Crippen molar-refractivity contribution in [3.8, 4) is 0 Å². The van der Waals surface area contributed by atoms with Gasteiger partial charge in [0.2, 0.25) is 0 Å². The first kappa shape index (κ1) is 14.2. The topological polar surface area (TPSA) is 38.3 Å². The quantitative estimate of drug-likeness (QED) is 0.778. The highest BCUT2D eigenvalue weighted by molar-refractivity contribution is 7.33. The van der Waals surface area contributed by atoms with E-state index in [2.05, 4.69) is 29.6 Å². The van der Waals surface area contributed by atoms with Crippen LogP contribution in [0.5, 0.6) is 0 Å². The van der Waals surface area contributed by atoms with Crippen LogP contribution in [0.2, 0.25) is 0 Å². The summed E-state index contributed by atoms with van der Waals surface area (Å²) >= 11 is 3.35. The summed E-state index contributed by atoms with van der Waals surface area (Å²) in [5, 5.41) is 4.32. The number of ether oxygens (including phenoxy) is 1. The molecule has 1 unspecified atom stereocenters. The van der Waals surface area contributed by atoms with Crippen LogP contribution in [-0.2, 0) is 4.74 Å². The third-order valence-electron chi connectivity index (χ3n) is 4.08. The maximum Gasteiger partial charge on any atom is 0.261 e. The Morgan fingerprint density at radius 2 is 2.18 bits per heavy atom. The molecule has 2 aromatic heterocycles. The minimum Gasteiger partial charge on any atom is -0.381 e. The Morgan fingerprint density at radius 1 is 1.27 bits per heavy atom. The number of rotatable bonds is 3. The molecule has 0 saturated carbocycles. The lowest BCUT2D eigenvalue weighted by Gasteiger charge is -2.21. The summed E-state index contributed by atoms with van der Waals surface area (Å²) < 4.78 is 9.18. The van der Waals surface area contributed by atoms with Gasteiger partial charge in [0, 0.05) is 27.9 Å². The lowest BCUT2D eigenvalue weighted by Crippen LogP contribution is -2.32. The zero-order chi connectivity index (χ0) is 14.9. The van der Waals surface area contributed by atoms with E-state index in [1.807, 2.05) is 6.07 Å². The van der Waals surface area contributed by atoms with E-state index < -0.39 is 0 Å². The van der Waals surface area contributed by atoms with Crippen LogP contribution in [0.3, 0.4) is 0 Å². The van der Waals surface area contributed by atoms with Gasteiger partial charge in [0.05, 0.1) is 16.2 Å². The van der Waals surface area contributed by atoms with E-state index in [9.17, 15) is 4.79 Å². The highest BCUT2D eigenvalue weighted by atomic mass is 32.1. The predicted molar refractivity (Wildman–Crippen MR) is 93.1 cm³/mol. The summed E-state index contributed by atoms with van der Waals surface area (Å²) in [5.41, 5.74) is 0. The zero-order valence-electron chi connectivity index (χ0n) is 12.1. The van der Waals surface area contributed by atoms with Crippen LogP contribution in [-0.4, -0.2) is 25.7 Å². The normalized spacial score (nSPS) is 18.8. The van der Waals surface area contributed by atoms with E-state index in [0.717, 1.165) is 30.9 Å². The average molecular weight is 331 g/mol. The molecular formula is C17H17NO2S2. The second-order valence-electron chi connectivity index (χ2n) is 5.70. The maximum atomic E-state index is 12.4. The van der Waals surface area contributed by atoms with E-state index in [1.54, 1.807) is 22.7 Å². The molecular weight excluding hydrogens is 314 g/mol. The molecule has 1 fully saturated rings. The van der Waals surface area contributed by atoms with Gasteiger partial charge in [0.15, 0.2) is 0 Å². The molecule has 3 aromatic rings. The highest BCUT2D eigenvalue weighted by Gasteiger charge is 2.17. The average Bonchev–Trinajstić information content (AvgIpc) is 3.11. The first-order chi connectivity index (χ1) is 10.8. The number of carbonyl (C=O) groups excluding carboxylic acids is 1. The molecule has 3 heterocycles. The van der Waals surface area contributed by atoms with Gasteiger partial charge < -0.3 is 10.1 Å². The summed E-state index contributed by atoms with van der Waals surface area (Å²) in [4.78, 5) is 13.2. The molecule has 0 bridgehead atoms. The second-order valence-corrected chi connectivity index (χ2v) is 7.83. The van der Waals surface area contributed by atoms with Crippen molar-refractivity contribution in [1.29, 1.82) is 0 Å². The van der Waals surface area contributed by atoms with Crippen LogP contribution >= 0.6 is 22.7 Å². The second kappa shape index (κ2) is 5.99. The molecule has 1 aliphatic rings. The highest BCUT2D eigenvalue weighted by Crippen LogP contribution is 2.39. The molecule has 5 heteroatoms. The fourth-order valence-electron chi connectivity index (χ4n) is 2.90. The van der Waals surface area contributed by atoms with E-state index in [0.29, 0.717) is 12.5 Å². The fourth-order valence-corrected chi connectivity index (χ4v) is 5.35. The Balaban J connectivity index is 1.51. The number of nitrogens with one attached hydrogen (secondary N) is 1. The van der Waals surface area contributed by atoms with Crippen molar-refractivity contribution < 1.29 is 9.53 Å². The summed E-state index contributed by atoms with van der Waals surface area (Å²) in [6, 6.07) is 10.4. The third kappa shape index (κ3) is 2.64. The number of hydrogen-bond acceptors (Lipinski definition) is 4. The molecule has 4 rings (SSSR count). The zero-order valence-corrected chi connectivity index (χ0v) is 13.8. The molecule has 1 atom stereocenters. The van der Waals surface area contributed by atoms with Gasteiger partial charge in [-0.2, -0.15) is 0 Å². The largest absolute Gasteiger partial charge is 0.381 e. The van der Waals surface area contributed by atoms with Gasteiger partial charge >= 0.3 is 0 Å². The van der Waals surface area contributed by atoms with Gasteiger partial charge in [-0.3, -0.25) is 4.79 Å². The standard InChI is InChI=1S/C17H17NO2S2/c19-17(18-9-11-4-3-7-20-10-11)15-8-14-16(22-15)12-5-1-2-6-13(12)21-14/h1-2,5-6,8,11H,3-4,7,9-10H2,(H,18,19). The molecule has 114 valence electrons. The van der Waals surface area contributed by atoms with Crippen molar-refractivity contribution in [1.82, 2.24) is 5.32 Å². The van der Waals surface area contributed by atoms with Gasteiger partial charge in [-0.25, -0.2) is 0 Å². The number of hydrogen-bond donors (Lipinski definition) is 1. The van der Waals surface area contributed by atoms with Crippen molar-refractivity contribution in [2.75, 3.05) is 19.8 Å². The van der Waals surface area contributed by atoms with Gasteiger partial charge in [-0.05, 0) is 30.9 Å². The summed E-state index contributed by atoms with van der Waals surface area (Å²) in [5.74, 6) is 0.502. The molecule has 0 radical (unpaired) electrons. The van der Waals surface area contributed by atoms with Crippen LogP contribution < -0.4 is 5.32 Å². The maximum absolute atomic E-state index is 12.4. The van der Waals surface area contributed by atoms with Gasteiger partial charge in [0.1, 0.15) is 0 Å². The number of carbonyl (C=O) groups is 1. The molecule has 3 nitrogen and oxygen atoms in total. The van der Waals surface area contributed by atoms with Gasteiger partial charge in [-0.15, -0.1) is 22.7 Å². The van der Waals surface area contributed by atoms with E-state index in [4.69, 9.17) is 4.74 Å². The monoisotopic (exact) mass is 331 g/mol. The van der Waals surface area contributed by atoms with Gasteiger partial charge in [0.25, 0.3) is 5.91 Å². The molecule has 0 aliphatic carbocycles. The minimum absolute atomic E-state index is 0.0445. The Morgan fingerprint density at radius 3 is 3.05 bits per heavy atom. The molecule has 22 heavy (non-hydrogen) atoms. The predicted octanol–water partition coefficient (Wildman–Crippen LogP) is 4.27. The number of thiophene rings is 2. The summed E-state index contributed by atoms with van der Waals surface area (Å²) in [7, 11) is 0. The Bertz CT molecular complexity index is 814. The Kier molecular flexibility index (Phi) is 3.86. The SMILES string of the molecule is O=C(NCC1CCCOC1)c1cc2sc3ccccc3c2s1. The van der Waals surface area contributed by atoms with Crippen LogP contribution in [0, 0.1) is 5.92 Å². The molecule has 1 aromatic carbocycles. The smallest absolute Gasteiger partial charge is 0.261 e. The van der Waals surface area contributed by atoms with Crippen molar-refractivity contribution >= 4 is 48.1 Å². The first-order valence-electron chi connectivity index (χ1n) is 7.58. The number of amides is 1. The minimum atomic E-state index is 0.0445. The van der Waals surface area contributed by atoms with Crippen LogP contribution in [0.4, 0.5) is 0 Å². The Hall–Kier alpha value is -1.43. The molecule has 0 spiro atoms. The van der Waals surface area contributed by atoms with Crippen LogP contribution in [0.1, 0.15) is 22.5 Å². The van der Waals surface area contributed by atoms with E-state index in [1.165, 1.54) is 19.5 Å². The van der Waals surface area contributed by atoms with Gasteiger partial charge in [-0.1, -0.05) is 18.2 Å². The van der Waals surface area contributed by atoms with Crippen molar-refractivity contribution in [2.24, 2.45) is 5.92 Å². The Labute approximate surface area is 136 Å². The fraction of sp³-hybridized carbons (Fsp3) is 0.353. The van der Waals surface area contributed by atoms with Crippen molar-refractivity contribution in [2.45, 2.75) is 12.8 Å². The lowest BCUT2D eigenvalue weighted by molar-refractivity contribution is 0.0536.